The number of carbonyl (C=O) groups excluding carboxylic acids is 1. The molecule has 0 bridgehead atoms. The molecule has 0 aliphatic heterocycles. The molecule has 2 aromatic rings. The number of nitrogens with one attached hydrogen (secondary N) is 1. The van der Waals surface area contributed by atoms with Crippen LogP contribution in [0.25, 0.3) is 0 Å². The molecule has 0 atom stereocenters. The number of amides is 1. The van der Waals surface area contributed by atoms with E-state index in [-0.39, 0.29) is 17.4 Å². The van der Waals surface area contributed by atoms with Crippen molar-refractivity contribution < 1.29 is 22.7 Å². The zero-order chi connectivity index (χ0) is 20.0. The summed E-state index contributed by atoms with van der Waals surface area (Å²) in [6.07, 6.45) is 0. The minimum absolute atomic E-state index is 0.107. The standard InChI is InChI=1S/C19H24N2O5S/c1-5-25-16-8-6-15(7-9-16)20-27(23,24)17-10-11-18(14(2)12-17)26-13-19(22)21(3)4/h6-12,20H,5,13H2,1-4H3. The molecule has 1 amide bonds. The van der Waals surface area contributed by atoms with E-state index in [1.807, 2.05) is 6.92 Å². The van der Waals surface area contributed by atoms with Crippen molar-refractivity contribution in [1.29, 1.82) is 0 Å². The zero-order valence-corrected chi connectivity index (χ0v) is 16.7. The molecule has 0 saturated carbocycles. The van der Waals surface area contributed by atoms with Crippen molar-refractivity contribution in [3.8, 4) is 11.5 Å². The molecule has 0 heterocycles. The molecular weight excluding hydrogens is 368 g/mol. The fourth-order valence-corrected chi connectivity index (χ4v) is 3.36. The first-order valence-corrected chi connectivity index (χ1v) is 9.90. The van der Waals surface area contributed by atoms with Crippen molar-refractivity contribution in [2.75, 3.05) is 32.0 Å². The summed E-state index contributed by atoms with van der Waals surface area (Å²) in [5, 5.41) is 0. The summed E-state index contributed by atoms with van der Waals surface area (Å²) < 4.78 is 38.5. The van der Waals surface area contributed by atoms with E-state index >= 15 is 0 Å². The van der Waals surface area contributed by atoms with Crippen LogP contribution < -0.4 is 14.2 Å². The predicted octanol–water partition coefficient (Wildman–Crippen LogP) is 2.66. The predicted molar refractivity (Wildman–Crippen MR) is 104 cm³/mol. The van der Waals surface area contributed by atoms with Gasteiger partial charge in [0.05, 0.1) is 11.5 Å². The van der Waals surface area contributed by atoms with E-state index in [2.05, 4.69) is 4.72 Å². The highest BCUT2D eigenvalue weighted by atomic mass is 32.2. The Morgan fingerprint density at radius 3 is 2.30 bits per heavy atom. The van der Waals surface area contributed by atoms with Crippen LogP contribution in [0, 0.1) is 6.92 Å². The third-order valence-corrected chi connectivity index (χ3v) is 5.10. The Morgan fingerprint density at radius 1 is 1.07 bits per heavy atom. The molecular formula is C19H24N2O5S. The fraction of sp³-hybridized carbons (Fsp3) is 0.316. The highest BCUT2D eigenvalue weighted by molar-refractivity contribution is 7.92. The van der Waals surface area contributed by atoms with Gasteiger partial charge in [-0.05, 0) is 61.9 Å². The summed E-state index contributed by atoms with van der Waals surface area (Å²) in [5.74, 6) is 0.957. The van der Waals surface area contributed by atoms with Crippen LogP contribution in [0.3, 0.4) is 0 Å². The largest absolute Gasteiger partial charge is 0.494 e. The molecule has 146 valence electrons. The summed E-state index contributed by atoms with van der Waals surface area (Å²) in [4.78, 5) is 13.1. The second kappa shape index (κ2) is 8.77. The first-order chi connectivity index (χ1) is 12.7. The lowest BCUT2D eigenvalue weighted by atomic mass is 10.2. The van der Waals surface area contributed by atoms with Crippen LogP contribution in [0.1, 0.15) is 12.5 Å². The molecule has 2 rings (SSSR count). The van der Waals surface area contributed by atoms with Gasteiger partial charge < -0.3 is 14.4 Å². The summed E-state index contributed by atoms with van der Waals surface area (Å²) in [5.41, 5.74) is 1.06. The van der Waals surface area contributed by atoms with Crippen molar-refractivity contribution in [2.45, 2.75) is 18.7 Å². The van der Waals surface area contributed by atoms with Gasteiger partial charge in [0, 0.05) is 19.8 Å². The summed E-state index contributed by atoms with van der Waals surface area (Å²) in [6, 6.07) is 11.2. The molecule has 0 aliphatic carbocycles. The average Bonchev–Trinajstić information content (AvgIpc) is 2.62. The Kier molecular flexibility index (Phi) is 6.68. The lowest BCUT2D eigenvalue weighted by Gasteiger charge is -2.14. The van der Waals surface area contributed by atoms with Crippen LogP contribution in [0.15, 0.2) is 47.4 Å². The van der Waals surface area contributed by atoms with Gasteiger partial charge in [0.1, 0.15) is 11.5 Å². The highest BCUT2D eigenvalue weighted by Gasteiger charge is 2.16. The van der Waals surface area contributed by atoms with E-state index in [0.717, 1.165) is 0 Å². The van der Waals surface area contributed by atoms with Gasteiger partial charge in [-0.15, -0.1) is 0 Å². The summed E-state index contributed by atoms with van der Waals surface area (Å²) in [7, 11) is -0.465. The summed E-state index contributed by atoms with van der Waals surface area (Å²) in [6.45, 7) is 4.04. The molecule has 0 spiro atoms. The minimum Gasteiger partial charge on any atom is -0.494 e. The number of ether oxygens (including phenoxy) is 2. The Labute approximate surface area is 160 Å². The molecule has 7 nitrogen and oxygen atoms in total. The minimum atomic E-state index is -3.74. The third-order valence-electron chi connectivity index (χ3n) is 3.72. The van der Waals surface area contributed by atoms with Crippen LogP contribution in [-0.2, 0) is 14.8 Å². The Morgan fingerprint density at radius 2 is 1.74 bits per heavy atom. The number of rotatable bonds is 8. The molecule has 0 aromatic heterocycles. The van der Waals surface area contributed by atoms with E-state index in [1.165, 1.54) is 17.0 Å². The average molecular weight is 392 g/mol. The number of anilines is 1. The number of sulfonamides is 1. The second-order valence-electron chi connectivity index (χ2n) is 6.07. The lowest BCUT2D eigenvalue weighted by Crippen LogP contribution is -2.27. The van der Waals surface area contributed by atoms with Gasteiger partial charge in [-0.25, -0.2) is 8.42 Å². The fourth-order valence-electron chi connectivity index (χ4n) is 2.22. The number of nitrogens with zero attached hydrogens (tertiary/aromatic N) is 1. The van der Waals surface area contributed by atoms with Crippen LogP contribution in [0.5, 0.6) is 11.5 Å². The van der Waals surface area contributed by atoms with Crippen molar-refractivity contribution in [3.05, 3.63) is 48.0 Å². The first-order valence-electron chi connectivity index (χ1n) is 8.42. The maximum Gasteiger partial charge on any atom is 0.261 e. The molecule has 0 aliphatic rings. The molecule has 0 fully saturated rings. The van der Waals surface area contributed by atoms with Gasteiger partial charge in [-0.2, -0.15) is 0 Å². The third kappa shape index (κ3) is 5.62. The first kappa shape index (κ1) is 20.6. The van der Waals surface area contributed by atoms with Gasteiger partial charge in [-0.3, -0.25) is 9.52 Å². The van der Waals surface area contributed by atoms with E-state index in [4.69, 9.17) is 9.47 Å². The maximum atomic E-state index is 12.6. The van der Waals surface area contributed by atoms with E-state index in [9.17, 15) is 13.2 Å². The zero-order valence-electron chi connectivity index (χ0n) is 15.9. The quantitative estimate of drug-likeness (QED) is 0.747. The van der Waals surface area contributed by atoms with E-state index in [0.29, 0.717) is 29.4 Å². The Balaban J connectivity index is 2.11. The van der Waals surface area contributed by atoms with Crippen molar-refractivity contribution >= 4 is 21.6 Å². The molecule has 8 heteroatoms. The number of likely N-dealkylation sites (N-methyl/N-ethyl adjacent to an activating group) is 1. The van der Waals surface area contributed by atoms with Gasteiger partial charge >= 0.3 is 0 Å². The van der Waals surface area contributed by atoms with Gasteiger partial charge in [0.15, 0.2) is 6.61 Å². The second-order valence-corrected chi connectivity index (χ2v) is 7.75. The number of benzene rings is 2. The summed E-state index contributed by atoms with van der Waals surface area (Å²) >= 11 is 0. The molecule has 0 saturated heterocycles. The van der Waals surface area contributed by atoms with Crippen LogP contribution in [0.2, 0.25) is 0 Å². The van der Waals surface area contributed by atoms with Crippen LogP contribution in [0.4, 0.5) is 5.69 Å². The van der Waals surface area contributed by atoms with Gasteiger partial charge in [-0.1, -0.05) is 0 Å². The van der Waals surface area contributed by atoms with E-state index < -0.39 is 10.0 Å². The number of carbonyl (C=O) groups is 1. The van der Waals surface area contributed by atoms with Crippen molar-refractivity contribution in [3.63, 3.8) is 0 Å². The van der Waals surface area contributed by atoms with Crippen LogP contribution in [-0.4, -0.2) is 46.5 Å². The maximum absolute atomic E-state index is 12.6. The van der Waals surface area contributed by atoms with Crippen molar-refractivity contribution in [1.82, 2.24) is 4.90 Å². The lowest BCUT2D eigenvalue weighted by molar-refractivity contribution is -0.130. The van der Waals surface area contributed by atoms with Gasteiger partial charge in [0.25, 0.3) is 15.9 Å². The number of hydrogen-bond acceptors (Lipinski definition) is 5. The van der Waals surface area contributed by atoms with Gasteiger partial charge in [0.2, 0.25) is 0 Å². The number of aryl methyl sites for hydroxylation is 1. The number of hydrogen-bond donors (Lipinski definition) is 1. The highest BCUT2D eigenvalue weighted by Crippen LogP contribution is 2.24. The normalized spacial score (nSPS) is 11.0. The molecule has 1 N–H and O–H groups in total. The topological polar surface area (TPSA) is 84.9 Å². The SMILES string of the molecule is CCOc1ccc(NS(=O)(=O)c2ccc(OCC(=O)N(C)C)c(C)c2)cc1. The van der Waals surface area contributed by atoms with Crippen molar-refractivity contribution in [2.24, 2.45) is 0 Å². The molecule has 27 heavy (non-hydrogen) atoms. The smallest absolute Gasteiger partial charge is 0.261 e. The van der Waals surface area contributed by atoms with Crippen LogP contribution >= 0.6 is 0 Å². The molecule has 2 aromatic carbocycles. The monoisotopic (exact) mass is 392 g/mol. The molecule has 0 radical (unpaired) electrons. The Hall–Kier alpha value is -2.74. The Bertz CT molecular complexity index is 893. The van der Waals surface area contributed by atoms with E-state index in [1.54, 1.807) is 51.4 Å². The molecule has 0 unspecified atom stereocenters.